The summed E-state index contributed by atoms with van der Waals surface area (Å²) in [5.41, 5.74) is 9.23. The third kappa shape index (κ3) is 4.68. The van der Waals surface area contributed by atoms with Crippen LogP contribution in [0.25, 0.3) is 5.69 Å². The maximum atomic E-state index is 12.7. The average molecular weight is 458 g/mol. The molecular weight excluding hydrogens is 437 g/mol. The highest BCUT2D eigenvalue weighted by molar-refractivity contribution is 6.35. The van der Waals surface area contributed by atoms with E-state index < -0.39 is 0 Å². The summed E-state index contributed by atoms with van der Waals surface area (Å²) in [5.74, 6) is -0.329. The van der Waals surface area contributed by atoms with Gasteiger partial charge in [0.25, 0.3) is 11.8 Å². The Hall–Kier alpha value is -3.03. The van der Waals surface area contributed by atoms with E-state index in [2.05, 4.69) is 15.7 Å². The molecule has 0 saturated heterocycles. The van der Waals surface area contributed by atoms with Crippen molar-refractivity contribution in [3.05, 3.63) is 74.9 Å². The number of carbonyl (C=O) groups excluding carboxylic acids is 2. The van der Waals surface area contributed by atoms with Crippen LogP contribution < -0.4 is 16.4 Å². The van der Waals surface area contributed by atoms with Gasteiger partial charge >= 0.3 is 0 Å². The van der Waals surface area contributed by atoms with Gasteiger partial charge in [-0.2, -0.15) is 5.10 Å². The number of aromatic nitrogens is 2. The number of carbonyl (C=O) groups is 2. The second-order valence-corrected chi connectivity index (χ2v) is 8.37. The molecular formula is C22H21Cl2N5O2. The van der Waals surface area contributed by atoms with Crippen molar-refractivity contribution in [2.75, 3.05) is 5.73 Å². The number of nitrogens with two attached hydrogens (primary N) is 1. The molecule has 31 heavy (non-hydrogen) atoms. The molecule has 1 aromatic heterocycles. The summed E-state index contributed by atoms with van der Waals surface area (Å²) in [6, 6.07) is 10.7. The molecule has 1 aliphatic carbocycles. The van der Waals surface area contributed by atoms with E-state index in [4.69, 9.17) is 28.9 Å². The molecule has 2 aromatic carbocycles. The summed E-state index contributed by atoms with van der Waals surface area (Å²) in [7, 11) is 0. The molecule has 0 spiro atoms. The Kier molecular flexibility index (Phi) is 5.89. The van der Waals surface area contributed by atoms with Crippen molar-refractivity contribution in [1.29, 1.82) is 0 Å². The largest absolute Gasteiger partial charge is 0.383 e. The van der Waals surface area contributed by atoms with Gasteiger partial charge in [0.2, 0.25) is 0 Å². The number of rotatable bonds is 6. The lowest BCUT2D eigenvalue weighted by atomic mass is 10.1. The summed E-state index contributed by atoms with van der Waals surface area (Å²) in [4.78, 5) is 25.1. The molecule has 0 atom stereocenters. The summed E-state index contributed by atoms with van der Waals surface area (Å²) in [6.07, 6.45) is 3.43. The topological polar surface area (TPSA) is 102 Å². The van der Waals surface area contributed by atoms with Crippen LogP contribution in [0.3, 0.4) is 0 Å². The molecule has 4 rings (SSSR count). The number of hydrogen-bond acceptors (Lipinski definition) is 4. The van der Waals surface area contributed by atoms with Gasteiger partial charge in [-0.1, -0.05) is 35.3 Å². The number of nitrogens with one attached hydrogen (secondary N) is 2. The van der Waals surface area contributed by atoms with Crippen molar-refractivity contribution in [3.8, 4) is 5.69 Å². The zero-order valence-corrected chi connectivity index (χ0v) is 18.3. The minimum absolute atomic E-state index is 0.132. The van der Waals surface area contributed by atoms with Crippen molar-refractivity contribution in [1.82, 2.24) is 20.4 Å². The Morgan fingerprint density at radius 2 is 1.94 bits per heavy atom. The number of aryl methyl sites for hydroxylation is 1. The number of anilines is 1. The smallest absolute Gasteiger partial charge is 0.256 e. The quantitative estimate of drug-likeness (QED) is 0.522. The molecule has 1 aliphatic rings. The van der Waals surface area contributed by atoms with Crippen LogP contribution in [-0.4, -0.2) is 27.6 Å². The van der Waals surface area contributed by atoms with E-state index in [-0.39, 0.29) is 35.8 Å². The molecule has 0 aliphatic heterocycles. The van der Waals surface area contributed by atoms with Crippen LogP contribution in [0.2, 0.25) is 10.0 Å². The molecule has 2 amide bonds. The lowest BCUT2D eigenvalue weighted by Gasteiger charge is -2.11. The van der Waals surface area contributed by atoms with Gasteiger partial charge in [0, 0.05) is 28.2 Å². The molecule has 0 unspecified atom stereocenters. The van der Waals surface area contributed by atoms with Gasteiger partial charge in [0.15, 0.2) is 0 Å². The van der Waals surface area contributed by atoms with Crippen LogP contribution in [0, 0.1) is 6.92 Å². The molecule has 0 bridgehead atoms. The summed E-state index contributed by atoms with van der Waals surface area (Å²) >= 11 is 12.1. The first-order chi connectivity index (χ1) is 14.8. The molecule has 1 heterocycles. The highest BCUT2D eigenvalue weighted by Gasteiger charge is 2.24. The predicted octanol–water partition coefficient (Wildman–Crippen LogP) is 3.89. The van der Waals surface area contributed by atoms with Gasteiger partial charge in [0.05, 0.1) is 11.9 Å². The number of halogens is 2. The van der Waals surface area contributed by atoms with E-state index in [1.54, 1.807) is 30.3 Å². The summed E-state index contributed by atoms with van der Waals surface area (Å²) < 4.78 is 1.47. The lowest BCUT2D eigenvalue weighted by Crippen LogP contribution is -2.25. The van der Waals surface area contributed by atoms with E-state index in [1.165, 1.54) is 10.9 Å². The maximum Gasteiger partial charge on any atom is 0.256 e. The molecule has 160 valence electrons. The van der Waals surface area contributed by atoms with Crippen LogP contribution in [-0.2, 0) is 6.54 Å². The van der Waals surface area contributed by atoms with E-state index in [0.29, 0.717) is 21.3 Å². The molecule has 9 heteroatoms. The number of hydrogen-bond donors (Lipinski definition) is 3. The fourth-order valence-corrected chi connectivity index (χ4v) is 3.61. The van der Waals surface area contributed by atoms with Gasteiger partial charge in [-0.3, -0.25) is 9.59 Å². The normalized spacial score (nSPS) is 13.1. The first kappa shape index (κ1) is 21.2. The number of amides is 2. The molecule has 3 aromatic rings. The van der Waals surface area contributed by atoms with Crippen LogP contribution in [0.4, 0.5) is 5.82 Å². The Morgan fingerprint density at radius 3 is 2.65 bits per heavy atom. The van der Waals surface area contributed by atoms with Crippen LogP contribution >= 0.6 is 23.2 Å². The summed E-state index contributed by atoms with van der Waals surface area (Å²) in [5, 5.41) is 11.0. The fourth-order valence-electron chi connectivity index (χ4n) is 3.14. The van der Waals surface area contributed by atoms with Gasteiger partial charge in [-0.15, -0.1) is 0 Å². The fraction of sp³-hybridized carbons (Fsp3) is 0.227. The van der Waals surface area contributed by atoms with Crippen molar-refractivity contribution in [2.45, 2.75) is 32.4 Å². The van der Waals surface area contributed by atoms with Crippen LogP contribution in [0.5, 0.6) is 0 Å². The van der Waals surface area contributed by atoms with E-state index >= 15 is 0 Å². The summed E-state index contributed by atoms with van der Waals surface area (Å²) in [6.45, 7) is 2.11. The van der Waals surface area contributed by atoms with Crippen LogP contribution in [0.1, 0.15) is 44.7 Å². The maximum absolute atomic E-state index is 12.7. The monoisotopic (exact) mass is 457 g/mol. The Morgan fingerprint density at radius 1 is 1.16 bits per heavy atom. The zero-order valence-electron chi connectivity index (χ0n) is 16.8. The Balaban J connectivity index is 1.53. The Labute approximate surface area is 189 Å². The van der Waals surface area contributed by atoms with Crippen molar-refractivity contribution < 1.29 is 9.59 Å². The highest BCUT2D eigenvalue weighted by atomic mass is 35.5. The molecule has 1 saturated carbocycles. The first-order valence-corrected chi connectivity index (χ1v) is 10.6. The predicted molar refractivity (Wildman–Crippen MR) is 121 cm³/mol. The van der Waals surface area contributed by atoms with Gasteiger partial charge in [0.1, 0.15) is 11.4 Å². The van der Waals surface area contributed by atoms with Crippen molar-refractivity contribution >= 4 is 40.8 Å². The van der Waals surface area contributed by atoms with E-state index in [9.17, 15) is 9.59 Å². The van der Waals surface area contributed by atoms with Crippen molar-refractivity contribution in [2.24, 2.45) is 0 Å². The molecule has 1 fully saturated rings. The van der Waals surface area contributed by atoms with Gasteiger partial charge in [-0.05, 0) is 55.2 Å². The molecule has 4 N–H and O–H groups in total. The first-order valence-electron chi connectivity index (χ1n) is 9.81. The van der Waals surface area contributed by atoms with E-state index in [1.807, 2.05) is 13.0 Å². The number of benzene rings is 2. The second kappa shape index (κ2) is 8.61. The van der Waals surface area contributed by atoms with Crippen molar-refractivity contribution in [3.63, 3.8) is 0 Å². The minimum atomic E-state index is -0.380. The Bertz CT molecular complexity index is 1170. The minimum Gasteiger partial charge on any atom is -0.383 e. The van der Waals surface area contributed by atoms with Crippen LogP contribution in [0.15, 0.2) is 42.6 Å². The zero-order chi connectivity index (χ0) is 22.1. The molecule has 7 nitrogen and oxygen atoms in total. The SMILES string of the molecule is Cc1ccc(C(=O)NC2CC2)cc1-n1ncc(C(=O)NCc2ccc(Cl)cc2Cl)c1N. The third-order valence-electron chi connectivity index (χ3n) is 5.12. The highest BCUT2D eigenvalue weighted by Crippen LogP contribution is 2.24. The van der Waals surface area contributed by atoms with E-state index in [0.717, 1.165) is 24.0 Å². The lowest BCUT2D eigenvalue weighted by molar-refractivity contribution is 0.0943. The number of nitrogen functional groups attached to an aromatic ring is 1. The average Bonchev–Trinajstić information content (AvgIpc) is 3.46. The van der Waals surface area contributed by atoms with Gasteiger partial charge in [-0.25, -0.2) is 4.68 Å². The second-order valence-electron chi connectivity index (χ2n) is 7.52. The van der Waals surface area contributed by atoms with Gasteiger partial charge < -0.3 is 16.4 Å². The molecule has 0 radical (unpaired) electrons. The number of nitrogens with zero attached hydrogens (tertiary/aromatic N) is 2. The third-order valence-corrected chi connectivity index (χ3v) is 5.70. The standard InChI is InChI=1S/C22H21Cl2N5O2/c1-12-2-3-13(21(30)28-16-6-7-16)8-19(12)29-20(25)17(11-27-29)22(31)26-10-14-4-5-15(23)9-18(14)24/h2-5,8-9,11,16H,6-7,10,25H2,1H3,(H,26,31)(H,28,30).